The lowest BCUT2D eigenvalue weighted by atomic mass is 10.0. The quantitative estimate of drug-likeness (QED) is 0.709. The Hall–Kier alpha value is 0.330. The predicted octanol–water partition coefficient (Wildman–Crippen LogP) is 2.15. The first-order chi connectivity index (χ1) is 4.75. The maximum absolute atomic E-state index is 12.9. The summed E-state index contributed by atoms with van der Waals surface area (Å²) < 4.78 is 37.2. The van der Waals surface area contributed by atoms with Gasteiger partial charge in [-0.25, -0.2) is 4.39 Å². The molecule has 0 aliphatic rings. The summed E-state index contributed by atoms with van der Waals surface area (Å²) >= 11 is 9.27. The van der Waals surface area contributed by atoms with Crippen molar-refractivity contribution in [3.63, 3.8) is 0 Å². The van der Waals surface area contributed by atoms with E-state index in [1.807, 2.05) is 0 Å². The van der Waals surface area contributed by atoms with Crippen LogP contribution < -0.4 is 0 Å². The van der Waals surface area contributed by atoms with E-state index >= 15 is 0 Å². The zero-order valence-corrected chi connectivity index (χ0v) is 7.13. The number of rotatable bonds is 3. The summed E-state index contributed by atoms with van der Waals surface area (Å²) in [5.74, 6) is -1.05. The zero-order valence-electron chi connectivity index (χ0n) is 5.62. The van der Waals surface area contributed by atoms with Crippen molar-refractivity contribution in [2.45, 2.75) is 24.1 Å². The van der Waals surface area contributed by atoms with Crippen LogP contribution in [0.25, 0.3) is 0 Å². The fourth-order valence-corrected chi connectivity index (χ4v) is 1.11. The Balaban J connectivity index is 4.61. The molecule has 2 atom stereocenters. The molecule has 2 unspecified atom stereocenters. The summed E-state index contributed by atoms with van der Waals surface area (Å²) in [7, 11) is 0. The van der Waals surface area contributed by atoms with Crippen LogP contribution >= 0.6 is 23.2 Å². The Morgan fingerprint density at radius 1 is 1.45 bits per heavy atom. The molecule has 0 radical (unpaired) electrons. The lowest BCUT2D eigenvalue weighted by Crippen LogP contribution is -2.50. The van der Waals surface area contributed by atoms with Gasteiger partial charge in [0.2, 0.25) is 5.67 Å². The van der Waals surface area contributed by atoms with Gasteiger partial charge in [-0.2, -0.15) is 8.78 Å². The van der Waals surface area contributed by atoms with Gasteiger partial charge in [-0.3, -0.25) is 0 Å². The van der Waals surface area contributed by atoms with Crippen molar-refractivity contribution in [2.75, 3.05) is 5.88 Å². The normalized spacial score (nSPS) is 21.0. The van der Waals surface area contributed by atoms with Crippen LogP contribution in [0.5, 0.6) is 0 Å². The van der Waals surface area contributed by atoms with Gasteiger partial charge in [-0.15, -0.1) is 11.6 Å². The third-order valence-corrected chi connectivity index (χ3v) is 2.03. The van der Waals surface area contributed by atoms with Crippen LogP contribution in [0.3, 0.4) is 0 Å². The average molecular weight is 211 g/mol. The largest absolute Gasteiger partial charge is 0.390 e. The first-order valence-electron chi connectivity index (χ1n) is 2.75. The number of aliphatic hydroxyl groups excluding tert-OH is 1. The topological polar surface area (TPSA) is 20.2 Å². The first kappa shape index (κ1) is 11.3. The van der Waals surface area contributed by atoms with E-state index < -0.39 is 23.0 Å². The summed E-state index contributed by atoms with van der Waals surface area (Å²) in [6, 6.07) is 0. The highest BCUT2D eigenvalue weighted by Gasteiger charge is 2.56. The minimum atomic E-state index is -4.15. The van der Waals surface area contributed by atoms with Crippen molar-refractivity contribution in [3.8, 4) is 0 Å². The minimum Gasteiger partial charge on any atom is -0.390 e. The third-order valence-electron chi connectivity index (χ3n) is 1.33. The van der Waals surface area contributed by atoms with Crippen molar-refractivity contribution in [2.24, 2.45) is 0 Å². The van der Waals surface area contributed by atoms with Crippen LogP contribution in [-0.2, 0) is 0 Å². The molecule has 11 heavy (non-hydrogen) atoms. The molecule has 0 heterocycles. The van der Waals surface area contributed by atoms with Crippen molar-refractivity contribution in [1.82, 2.24) is 0 Å². The van der Waals surface area contributed by atoms with E-state index in [2.05, 4.69) is 11.6 Å². The molecule has 6 heteroatoms. The lowest BCUT2D eigenvalue weighted by Gasteiger charge is -2.29. The molecule has 0 saturated carbocycles. The van der Waals surface area contributed by atoms with Crippen LogP contribution in [0.2, 0.25) is 0 Å². The SMILES string of the molecule is CC(O)C(F)(CCl)C(F)(F)Cl. The second-order valence-electron chi connectivity index (χ2n) is 2.17. The smallest absolute Gasteiger partial charge is 0.358 e. The van der Waals surface area contributed by atoms with Gasteiger partial charge in [0.05, 0.1) is 12.0 Å². The van der Waals surface area contributed by atoms with E-state index in [1.165, 1.54) is 0 Å². The average Bonchev–Trinajstić information content (AvgIpc) is 1.83. The molecule has 0 amide bonds. The van der Waals surface area contributed by atoms with Crippen LogP contribution in [0.15, 0.2) is 0 Å². The molecule has 0 aromatic rings. The Morgan fingerprint density at radius 2 is 1.82 bits per heavy atom. The Labute approximate surface area is 72.1 Å². The zero-order chi connectivity index (χ0) is 9.28. The summed E-state index contributed by atoms with van der Waals surface area (Å²) in [4.78, 5) is 0. The highest BCUT2D eigenvalue weighted by Crippen LogP contribution is 2.39. The van der Waals surface area contributed by atoms with E-state index in [9.17, 15) is 13.2 Å². The summed E-state index contributed by atoms with van der Waals surface area (Å²) in [6.45, 7) is 0.860. The van der Waals surface area contributed by atoms with Crippen molar-refractivity contribution in [1.29, 1.82) is 0 Å². The lowest BCUT2D eigenvalue weighted by molar-refractivity contribution is -0.117. The molecule has 0 aliphatic heterocycles. The standard InChI is InChI=1S/C5H7Cl2F3O/c1-3(11)4(8,2-6)5(7,9)10/h3,11H,2H2,1H3. The van der Waals surface area contributed by atoms with Gasteiger partial charge < -0.3 is 5.11 Å². The van der Waals surface area contributed by atoms with Gasteiger partial charge in [0.15, 0.2) is 0 Å². The molecule has 0 aromatic carbocycles. The first-order valence-corrected chi connectivity index (χ1v) is 3.66. The highest BCUT2D eigenvalue weighted by atomic mass is 35.5. The molecular weight excluding hydrogens is 204 g/mol. The van der Waals surface area contributed by atoms with Crippen molar-refractivity contribution in [3.05, 3.63) is 0 Å². The number of halogens is 5. The van der Waals surface area contributed by atoms with Gasteiger partial charge in [0, 0.05) is 0 Å². The Kier molecular flexibility index (Phi) is 3.47. The van der Waals surface area contributed by atoms with E-state index in [1.54, 1.807) is 0 Å². The Bertz CT molecular complexity index is 136. The van der Waals surface area contributed by atoms with E-state index in [4.69, 9.17) is 16.7 Å². The molecule has 68 valence electrons. The molecule has 0 fully saturated rings. The molecule has 1 N–H and O–H groups in total. The van der Waals surface area contributed by atoms with Crippen molar-refractivity contribution < 1.29 is 18.3 Å². The van der Waals surface area contributed by atoms with E-state index in [0.717, 1.165) is 6.92 Å². The number of hydrogen-bond donors (Lipinski definition) is 1. The third kappa shape index (κ3) is 2.13. The fraction of sp³-hybridized carbons (Fsp3) is 1.00. The highest BCUT2D eigenvalue weighted by molar-refractivity contribution is 6.24. The monoisotopic (exact) mass is 210 g/mol. The minimum absolute atomic E-state index is 0.860. The second-order valence-corrected chi connectivity index (χ2v) is 2.91. The molecular formula is C5H7Cl2F3O. The summed E-state index contributed by atoms with van der Waals surface area (Å²) in [6.07, 6.45) is -1.91. The van der Waals surface area contributed by atoms with Crippen LogP contribution in [0.4, 0.5) is 13.2 Å². The van der Waals surface area contributed by atoms with Gasteiger partial charge in [-0.05, 0) is 18.5 Å². The van der Waals surface area contributed by atoms with Crippen LogP contribution in [0, 0.1) is 0 Å². The molecule has 1 nitrogen and oxygen atoms in total. The van der Waals surface area contributed by atoms with Crippen molar-refractivity contribution >= 4 is 23.2 Å². The van der Waals surface area contributed by atoms with E-state index in [-0.39, 0.29) is 0 Å². The Morgan fingerprint density at radius 3 is 1.82 bits per heavy atom. The van der Waals surface area contributed by atoms with Gasteiger partial charge >= 0.3 is 5.38 Å². The summed E-state index contributed by atoms with van der Waals surface area (Å²) in [5, 5.41) is 4.43. The number of aliphatic hydroxyl groups is 1. The maximum Gasteiger partial charge on any atom is 0.358 e. The summed E-state index contributed by atoms with van der Waals surface area (Å²) in [5.41, 5.74) is -3.27. The van der Waals surface area contributed by atoms with Crippen LogP contribution in [0.1, 0.15) is 6.92 Å². The number of alkyl halides is 5. The second kappa shape index (κ2) is 3.37. The maximum atomic E-state index is 12.9. The molecule has 0 spiro atoms. The van der Waals surface area contributed by atoms with E-state index in [0.29, 0.717) is 0 Å². The van der Waals surface area contributed by atoms with Gasteiger partial charge in [-0.1, -0.05) is 0 Å². The molecule has 0 aromatic heterocycles. The molecule has 0 rings (SSSR count). The van der Waals surface area contributed by atoms with Gasteiger partial charge in [0.25, 0.3) is 0 Å². The number of hydrogen-bond acceptors (Lipinski definition) is 1. The molecule has 0 aliphatic carbocycles. The predicted molar refractivity (Wildman–Crippen MR) is 37.0 cm³/mol. The molecule has 0 bridgehead atoms. The van der Waals surface area contributed by atoms with Gasteiger partial charge in [0.1, 0.15) is 0 Å². The fourth-order valence-electron chi connectivity index (χ4n) is 0.424. The molecule has 0 saturated heterocycles. The van der Waals surface area contributed by atoms with Crippen LogP contribution in [-0.4, -0.2) is 28.1 Å².